The van der Waals surface area contributed by atoms with Crippen LogP contribution in [0.5, 0.6) is 0 Å². The second-order valence-corrected chi connectivity index (χ2v) is 8.18. The number of benzene rings is 1. The third kappa shape index (κ3) is 2.74. The van der Waals surface area contributed by atoms with E-state index in [4.69, 9.17) is 4.98 Å². The Morgan fingerprint density at radius 1 is 1.00 bits per heavy atom. The molecule has 1 aliphatic heterocycles. The Balaban J connectivity index is 1.35. The third-order valence-corrected chi connectivity index (χ3v) is 6.44. The molecule has 142 valence electrons. The normalized spacial score (nSPS) is 14.9. The van der Waals surface area contributed by atoms with Gasteiger partial charge < -0.3 is 9.80 Å². The number of anilines is 1. The summed E-state index contributed by atoms with van der Waals surface area (Å²) in [6, 6.07) is 12.1. The number of fused-ring (bicyclic) bond motifs is 2. The lowest BCUT2D eigenvalue weighted by Crippen LogP contribution is -2.49. The molecule has 0 bridgehead atoms. The predicted molar refractivity (Wildman–Crippen MR) is 112 cm³/mol. The van der Waals surface area contributed by atoms with Crippen LogP contribution in [-0.4, -0.2) is 51.4 Å². The zero-order valence-corrected chi connectivity index (χ0v) is 16.7. The Morgan fingerprint density at radius 3 is 2.61 bits per heavy atom. The van der Waals surface area contributed by atoms with Crippen LogP contribution in [0.3, 0.4) is 0 Å². The summed E-state index contributed by atoms with van der Waals surface area (Å²) in [5, 5.41) is 1.04. The third-order valence-electron chi connectivity index (χ3n) is 5.35. The first-order valence-electron chi connectivity index (χ1n) is 9.46. The summed E-state index contributed by atoms with van der Waals surface area (Å²) >= 11 is 1.73. The van der Waals surface area contributed by atoms with Gasteiger partial charge in [-0.25, -0.2) is 9.97 Å². The molecular weight excluding hydrogens is 370 g/mol. The summed E-state index contributed by atoms with van der Waals surface area (Å²) in [4.78, 5) is 26.7. The highest BCUT2D eigenvalue weighted by molar-refractivity contribution is 7.22. The number of hydrogen-bond acceptors (Lipinski definition) is 5. The number of imidazole rings is 1. The fraction of sp³-hybridized carbons (Fsp3) is 0.286. The minimum atomic E-state index is 0.0518. The van der Waals surface area contributed by atoms with Gasteiger partial charge >= 0.3 is 0 Å². The number of carbonyl (C=O) groups is 1. The molecule has 5 rings (SSSR count). The Labute approximate surface area is 167 Å². The van der Waals surface area contributed by atoms with E-state index in [0.29, 0.717) is 18.8 Å². The maximum Gasteiger partial charge on any atom is 0.272 e. The lowest BCUT2D eigenvalue weighted by Gasteiger charge is -2.34. The molecule has 4 aromatic rings. The Bertz CT molecular complexity index is 1190. The fourth-order valence-corrected chi connectivity index (χ4v) is 4.93. The number of rotatable bonds is 2. The number of nitrogens with zero attached hydrogens (tertiary/aromatic N) is 5. The SMILES string of the molecule is Cc1nc2ccccn2c1C(=O)N1CCN(c2nc3c(C)cccc3s2)CC1. The highest BCUT2D eigenvalue weighted by atomic mass is 32.1. The van der Waals surface area contributed by atoms with Gasteiger partial charge in [-0.1, -0.05) is 29.5 Å². The van der Waals surface area contributed by atoms with Crippen LogP contribution in [0.25, 0.3) is 15.9 Å². The number of pyridine rings is 1. The molecule has 1 aliphatic rings. The molecule has 1 amide bonds. The summed E-state index contributed by atoms with van der Waals surface area (Å²) < 4.78 is 3.11. The van der Waals surface area contributed by atoms with E-state index in [1.165, 1.54) is 10.3 Å². The van der Waals surface area contributed by atoms with E-state index in [1.807, 2.05) is 40.6 Å². The van der Waals surface area contributed by atoms with E-state index in [2.05, 4.69) is 35.0 Å². The second kappa shape index (κ2) is 6.60. The van der Waals surface area contributed by atoms with Crippen molar-refractivity contribution in [3.05, 3.63) is 59.5 Å². The first-order chi connectivity index (χ1) is 13.6. The van der Waals surface area contributed by atoms with Gasteiger partial charge in [0.05, 0.1) is 15.9 Å². The molecule has 1 saturated heterocycles. The van der Waals surface area contributed by atoms with E-state index in [0.717, 1.165) is 35.1 Å². The number of thiazole rings is 1. The van der Waals surface area contributed by atoms with Crippen LogP contribution >= 0.6 is 11.3 Å². The van der Waals surface area contributed by atoms with Crippen LogP contribution < -0.4 is 4.90 Å². The van der Waals surface area contributed by atoms with Gasteiger partial charge in [-0.15, -0.1) is 0 Å². The van der Waals surface area contributed by atoms with E-state index < -0.39 is 0 Å². The second-order valence-electron chi connectivity index (χ2n) is 7.17. The maximum atomic E-state index is 13.2. The van der Waals surface area contributed by atoms with Gasteiger partial charge in [0.15, 0.2) is 5.13 Å². The van der Waals surface area contributed by atoms with Crippen LogP contribution in [0.2, 0.25) is 0 Å². The quantitative estimate of drug-likeness (QED) is 0.525. The number of para-hydroxylation sites is 1. The molecule has 0 atom stereocenters. The first-order valence-corrected chi connectivity index (χ1v) is 10.3. The zero-order chi connectivity index (χ0) is 19.3. The van der Waals surface area contributed by atoms with Gasteiger partial charge in [-0.05, 0) is 37.6 Å². The van der Waals surface area contributed by atoms with Gasteiger partial charge in [-0.2, -0.15) is 0 Å². The average molecular weight is 392 g/mol. The van der Waals surface area contributed by atoms with Crippen LogP contribution in [-0.2, 0) is 0 Å². The van der Waals surface area contributed by atoms with Crippen molar-refractivity contribution in [3.63, 3.8) is 0 Å². The van der Waals surface area contributed by atoms with Gasteiger partial charge in [0.25, 0.3) is 5.91 Å². The Kier molecular flexibility index (Phi) is 4.05. The molecule has 1 aromatic carbocycles. The molecule has 7 heteroatoms. The molecule has 6 nitrogen and oxygen atoms in total. The van der Waals surface area contributed by atoms with E-state index in [9.17, 15) is 4.79 Å². The van der Waals surface area contributed by atoms with E-state index in [-0.39, 0.29) is 5.91 Å². The molecule has 0 saturated carbocycles. The molecule has 3 aromatic heterocycles. The number of aryl methyl sites for hydroxylation is 2. The smallest absolute Gasteiger partial charge is 0.272 e. The number of piperazine rings is 1. The van der Waals surface area contributed by atoms with Crippen LogP contribution in [0, 0.1) is 13.8 Å². The van der Waals surface area contributed by atoms with Crippen LogP contribution in [0.4, 0.5) is 5.13 Å². The largest absolute Gasteiger partial charge is 0.345 e. The summed E-state index contributed by atoms with van der Waals surface area (Å²) in [6.07, 6.45) is 1.91. The maximum absolute atomic E-state index is 13.2. The number of aromatic nitrogens is 3. The van der Waals surface area contributed by atoms with Crippen molar-refractivity contribution in [2.45, 2.75) is 13.8 Å². The van der Waals surface area contributed by atoms with Crippen molar-refractivity contribution in [3.8, 4) is 0 Å². The van der Waals surface area contributed by atoms with Gasteiger partial charge in [-0.3, -0.25) is 9.20 Å². The molecule has 1 fully saturated rings. The zero-order valence-electron chi connectivity index (χ0n) is 15.9. The van der Waals surface area contributed by atoms with Crippen molar-refractivity contribution in [1.29, 1.82) is 0 Å². The monoisotopic (exact) mass is 391 g/mol. The van der Waals surface area contributed by atoms with Crippen molar-refractivity contribution in [2.75, 3.05) is 31.1 Å². The lowest BCUT2D eigenvalue weighted by atomic mass is 10.2. The molecule has 4 heterocycles. The number of carbonyl (C=O) groups excluding carboxylic acids is 1. The van der Waals surface area contributed by atoms with Gasteiger partial charge in [0.1, 0.15) is 11.3 Å². The minimum Gasteiger partial charge on any atom is -0.345 e. The minimum absolute atomic E-state index is 0.0518. The standard InChI is InChI=1S/C21H21N5OS/c1-14-6-5-7-16-18(14)23-21(28-16)25-12-10-24(11-13-25)20(27)19-15(2)22-17-8-3-4-9-26(17)19/h3-9H,10-13H2,1-2H3. The average Bonchev–Trinajstić information content (AvgIpc) is 3.29. The molecule has 0 unspecified atom stereocenters. The number of hydrogen-bond donors (Lipinski definition) is 0. The number of amides is 1. The highest BCUT2D eigenvalue weighted by Crippen LogP contribution is 2.31. The van der Waals surface area contributed by atoms with Crippen LogP contribution in [0.15, 0.2) is 42.6 Å². The lowest BCUT2D eigenvalue weighted by molar-refractivity contribution is 0.0739. The topological polar surface area (TPSA) is 53.7 Å². The fourth-order valence-electron chi connectivity index (χ4n) is 3.83. The molecule has 0 aliphatic carbocycles. The Morgan fingerprint density at radius 2 is 1.82 bits per heavy atom. The summed E-state index contributed by atoms with van der Waals surface area (Å²) in [6.45, 7) is 6.96. The predicted octanol–water partition coefficient (Wildman–Crippen LogP) is 3.52. The van der Waals surface area contributed by atoms with E-state index in [1.54, 1.807) is 11.3 Å². The Hall–Kier alpha value is -2.93. The molecule has 0 N–H and O–H groups in total. The van der Waals surface area contributed by atoms with Crippen LogP contribution in [0.1, 0.15) is 21.7 Å². The van der Waals surface area contributed by atoms with Crippen molar-refractivity contribution in [2.24, 2.45) is 0 Å². The van der Waals surface area contributed by atoms with Crippen molar-refractivity contribution < 1.29 is 4.79 Å². The molecular formula is C21H21N5OS. The van der Waals surface area contributed by atoms with Gasteiger partial charge in [0, 0.05) is 32.4 Å². The molecule has 28 heavy (non-hydrogen) atoms. The molecule has 0 radical (unpaired) electrons. The summed E-state index contributed by atoms with van der Waals surface area (Å²) in [7, 11) is 0. The van der Waals surface area contributed by atoms with Crippen molar-refractivity contribution >= 4 is 38.2 Å². The first kappa shape index (κ1) is 17.2. The summed E-state index contributed by atoms with van der Waals surface area (Å²) in [5.74, 6) is 0.0518. The summed E-state index contributed by atoms with van der Waals surface area (Å²) in [5.41, 5.74) is 4.55. The van der Waals surface area contributed by atoms with E-state index >= 15 is 0 Å². The van der Waals surface area contributed by atoms with Gasteiger partial charge in [0.2, 0.25) is 0 Å². The van der Waals surface area contributed by atoms with Crippen molar-refractivity contribution in [1.82, 2.24) is 19.3 Å². The highest BCUT2D eigenvalue weighted by Gasteiger charge is 2.27. The molecule has 0 spiro atoms.